The molecule has 0 saturated carbocycles. The van der Waals surface area contributed by atoms with Crippen molar-refractivity contribution in [2.24, 2.45) is 11.7 Å². The molecule has 106 valence electrons. The summed E-state index contributed by atoms with van der Waals surface area (Å²) in [7, 11) is 0. The van der Waals surface area contributed by atoms with Crippen LogP contribution in [0.15, 0.2) is 25.3 Å². The molecule has 0 fully saturated rings. The Bertz CT molecular complexity index is 244. The lowest BCUT2D eigenvalue weighted by molar-refractivity contribution is -0.126. The molecule has 0 saturated heterocycles. The Morgan fingerprint density at radius 2 is 1.72 bits per heavy atom. The Morgan fingerprint density at radius 3 is 2.00 bits per heavy atom. The fourth-order valence-corrected chi connectivity index (χ4v) is 1.84. The van der Waals surface area contributed by atoms with E-state index >= 15 is 0 Å². The monoisotopic (exact) mass is 274 g/mol. The second-order valence-electron chi connectivity index (χ2n) is 4.43. The van der Waals surface area contributed by atoms with E-state index in [1.165, 1.54) is 0 Å². The van der Waals surface area contributed by atoms with Crippen molar-refractivity contribution in [2.45, 2.75) is 45.1 Å². The normalized spacial score (nSPS) is 10.7. The first-order chi connectivity index (χ1) is 8.09. The average Bonchev–Trinajstić information content (AvgIpc) is 2.35. The molecule has 0 radical (unpaired) electrons. The van der Waals surface area contributed by atoms with Gasteiger partial charge in [0.05, 0.1) is 5.54 Å². The Labute approximate surface area is 117 Å². The summed E-state index contributed by atoms with van der Waals surface area (Å²) >= 11 is 0. The number of carbonyl (C=O) groups is 1. The SMILES string of the molecule is C=CCC(CC=C)C(=O)NC(CC)(CC)CN.Cl. The highest BCUT2D eigenvalue weighted by atomic mass is 35.5. The van der Waals surface area contributed by atoms with E-state index in [0.717, 1.165) is 12.8 Å². The highest BCUT2D eigenvalue weighted by Gasteiger charge is 2.28. The van der Waals surface area contributed by atoms with Gasteiger partial charge in [-0.25, -0.2) is 0 Å². The first-order valence-corrected chi connectivity index (χ1v) is 6.33. The third-order valence-electron chi connectivity index (χ3n) is 3.41. The second-order valence-corrected chi connectivity index (χ2v) is 4.43. The maximum atomic E-state index is 12.2. The van der Waals surface area contributed by atoms with Gasteiger partial charge in [-0.1, -0.05) is 26.0 Å². The van der Waals surface area contributed by atoms with Crippen LogP contribution in [0, 0.1) is 5.92 Å². The summed E-state index contributed by atoms with van der Waals surface area (Å²) in [6, 6.07) is 0. The van der Waals surface area contributed by atoms with Gasteiger partial charge in [0.2, 0.25) is 5.91 Å². The van der Waals surface area contributed by atoms with Crippen molar-refractivity contribution in [3.05, 3.63) is 25.3 Å². The van der Waals surface area contributed by atoms with Crippen LogP contribution in [0.25, 0.3) is 0 Å². The lowest BCUT2D eigenvalue weighted by atomic mass is 9.91. The third kappa shape index (κ3) is 5.69. The van der Waals surface area contributed by atoms with E-state index < -0.39 is 0 Å². The van der Waals surface area contributed by atoms with E-state index in [9.17, 15) is 4.79 Å². The molecule has 0 aromatic rings. The van der Waals surface area contributed by atoms with E-state index in [0.29, 0.717) is 19.4 Å². The smallest absolute Gasteiger partial charge is 0.224 e. The Morgan fingerprint density at radius 1 is 1.28 bits per heavy atom. The minimum atomic E-state index is -0.266. The molecule has 0 heterocycles. The fraction of sp³-hybridized carbons (Fsp3) is 0.643. The van der Waals surface area contributed by atoms with E-state index in [-0.39, 0.29) is 29.8 Å². The van der Waals surface area contributed by atoms with Crippen molar-refractivity contribution in [3.63, 3.8) is 0 Å². The maximum absolute atomic E-state index is 12.2. The number of halogens is 1. The number of allylic oxidation sites excluding steroid dienone is 2. The largest absolute Gasteiger partial charge is 0.349 e. The van der Waals surface area contributed by atoms with E-state index in [4.69, 9.17) is 5.73 Å². The van der Waals surface area contributed by atoms with Gasteiger partial charge in [-0.3, -0.25) is 4.79 Å². The molecular formula is C14H27ClN2O. The zero-order chi connectivity index (χ0) is 13.3. The van der Waals surface area contributed by atoms with Gasteiger partial charge in [0.15, 0.2) is 0 Å². The van der Waals surface area contributed by atoms with Crippen molar-refractivity contribution in [1.29, 1.82) is 0 Å². The molecule has 18 heavy (non-hydrogen) atoms. The molecule has 0 bridgehead atoms. The van der Waals surface area contributed by atoms with Gasteiger partial charge >= 0.3 is 0 Å². The molecule has 0 aromatic carbocycles. The Hall–Kier alpha value is -0.800. The number of amides is 1. The van der Waals surface area contributed by atoms with E-state index in [1.54, 1.807) is 12.2 Å². The quantitative estimate of drug-likeness (QED) is 0.635. The minimum Gasteiger partial charge on any atom is -0.349 e. The van der Waals surface area contributed by atoms with Gasteiger partial charge in [0.1, 0.15) is 0 Å². The lowest BCUT2D eigenvalue weighted by Crippen LogP contribution is -2.54. The highest BCUT2D eigenvalue weighted by Crippen LogP contribution is 2.17. The van der Waals surface area contributed by atoms with Crippen LogP contribution in [0.5, 0.6) is 0 Å². The Balaban J connectivity index is 0. The summed E-state index contributed by atoms with van der Waals surface area (Å²) < 4.78 is 0. The van der Waals surface area contributed by atoms with Gasteiger partial charge in [-0.15, -0.1) is 25.6 Å². The molecule has 1 amide bonds. The highest BCUT2D eigenvalue weighted by molar-refractivity contribution is 5.85. The number of nitrogens with one attached hydrogen (secondary N) is 1. The molecular weight excluding hydrogens is 248 g/mol. The summed E-state index contributed by atoms with van der Waals surface area (Å²) in [5, 5.41) is 3.09. The standard InChI is InChI=1S/C14H26N2O.ClH/c1-5-9-12(10-6-2)13(17)16-14(7-3,8-4)11-15;/h5-6,12H,1-2,7-11,15H2,3-4H3,(H,16,17);1H. The summed E-state index contributed by atoms with van der Waals surface area (Å²) in [4.78, 5) is 12.2. The molecule has 0 rings (SSSR count). The molecule has 0 atom stereocenters. The molecule has 0 aliphatic rings. The first kappa shape index (κ1) is 19.5. The van der Waals surface area contributed by atoms with E-state index in [2.05, 4.69) is 18.5 Å². The van der Waals surface area contributed by atoms with Crippen LogP contribution >= 0.6 is 12.4 Å². The maximum Gasteiger partial charge on any atom is 0.224 e. The molecule has 0 aliphatic heterocycles. The van der Waals surface area contributed by atoms with E-state index in [1.807, 2.05) is 13.8 Å². The van der Waals surface area contributed by atoms with Crippen molar-refractivity contribution in [1.82, 2.24) is 5.32 Å². The third-order valence-corrected chi connectivity index (χ3v) is 3.41. The van der Waals surface area contributed by atoms with Crippen LogP contribution in [0.1, 0.15) is 39.5 Å². The van der Waals surface area contributed by atoms with Crippen LogP contribution in [0.3, 0.4) is 0 Å². The zero-order valence-corrected chi connectivity index (χ0v) is 12.4. The predicted octanol–water partition coefficient (Wildman–Crippen LogP) is 2.81. The molecule has 3 nitrogen and oxygen atoms in total. The van der Waals surface area contributed by atoms with Gasteiger partial charge in [-0.2, -0.15) is 0 Å². The molecule has 0 unspecified atom stereocenters. The summed E-state index contributed by atoms with van der Waals surface area (Å²) in [5.74, 6) is -0.0204. The summed E-state index contributed by atoms with van der Waals surface area (Å²) in [6.45, 7) is 11.9. The van der Waals surface area contributed by atoms with Gasteiger partial charge in [0, 0.05) is 12.5 Å². The molecule has 0 spiro atoms. The van der Waals surface area contributed by atoms with Crippen molar-refractivity contribution < 1.29 is 4.79 Å². The van der Waals surface area contributed by atoms with Gasteiger partial charge < -0.3 is 11.1 Å². The number of rotatable bonds is 9. The number of hydrogen-bond acceptors (Lipinski definition) is 2. The average molecular weight is 275 g/mol. The molecule has 3 N–H and O–H groups in total. The zero-order valence-electron chi connectivity index (χ0n) is 11.6. The summed E-state index contributed by atoms with van der Waals surface area (Å²) in [6.07, 6.45) is 6.59. The van der Waals surface area contributed by atoms with Gasteiger partial charge in [-0.05, 0) is 25.7 Å². The fourth-order valence-electron chi connectivity index (χ4n) is 1.84. The predicted molar refractivity (Wildman–Crippen MR) is 80.9 cm³/mol. The molecule has 4 heteroatoms. The molecule has 0 aromatic heterocycles. The number of carbonyl (C=O) groups excluding carboxylic acids is 1. The van der Waals surface area contributed by atoms with Gasteiger partial charge in [0.25, 0.3) is 0 Å². The number of hydrogen-bond donors (Lipinski definition) is 2. The lowest BCUT2D eigenvalue weighted by Gasteiger charge is -2.33. The number of nitrogens with two attached hydrogens (primary N) is 1. The van der Waals surface area contributed by atoms with Crippen molar-refractivity contribution >= 4 is 18.3 Å². The van der Waals surface area contributed by atoms with Crippen molar-refractivity contribution in [2.75, 3.05) is 6.54 Å². The second kappa shape index (κ2) is 10.2. The van der Waals surface area contributed by atoms with Crippen LogP contribution in [-0.4, -0.2) is 18.0 Å². The first-order valence-electron chi connectivity index (χ1n) is 6.33. The topological polar surface area (TPSA) is 55.1 Å². The minimum absolute atomic E-state index is 0. The van der Waals surface area contributed by atoms with Crippen LogP contribution in [0.4, 0.5) is 0 Å². The van der Waals surface area contributed by atoms with Crippen molar-refractivity contribution in [3.8, 4) is 0 Å². The van der Waals surface area contributed by atoms with Crippen LogP contribution < -0.4 is 11.1 Å². The summed E-state index contributed by atoms with van der Waals surface area (Å²) in [5.41, 5.74) is 5.50. The Kier molecular flexibility index (Phi) is 11.0. The molecule has 0 aliphatic carbocycles. The van der Waals surface area contributed by atoms with Crippen LogP contribution in [0.2, 0.25) is 0 Å². The van der Waals surface area contributed by atoms with Crippen LogP contribution in [-0.2, 0) is 4.79 Å².